The molecule has 0 aromatic heterocycles. The van der Waals surface area contributed by atoms with Gasteiger partial charge in [0, 0.05) is 23.9 Å². The van der Waals surface area contributed by atoms with E-state index >= 15 is 0 Å². The molecule has 0 aromatic carbocycles. The second-order valence-corrected chi connectivity index (χ2v) is 8.08. The average Bonchev–Trinajstić information content (AvgIpc) is 2.77. The van der Waals surface area contributed by atoms with Crippen molar-refractivity contribution in [3.63, 3.8) is 0 Å². The summed E-state index contributed by atoms with van der Waals surface area (Å²) in [6.07, 6.45) is 12.6. The normalized spacial score (nSPS) is 9.41. The minimum Gasteiger partial charge on any atom is -0.464 e. The van der Waals surface area contributed by atoms with E-state index in [-0.39, 0.29) is 12.6 Å². The van der Waals surface area contributed by atoms with Crippen LogP contribution in [-0.4, -0.2) is 71.7 Å². The number of nitrogens with zero attached hydrogens (tertiary/aromatic N) is 2. The first kappa shape index (κ1) is 35.8. The number of aliphatic hydroxyl groups is 1. The van der Waals surface area contributed by atoms with Gasteiger partial charge in [0.15, 0.2) is 0 Å². The third kappa shape index (κ3) is 39.7. The fourth-order valence-corrected chi connectivity index (χ4v) is 2.94. The summed E-state index contributed by atoms with van der Waals surface area (Å²) in [5, 5.41) is 10.6. The number of rotatable bonds is 18. The van der Waals surface area contributed by atoms with Gasteiger partial charge in [0.05, 0.1) is 13.2 Å². The number of hydrogen-bond donors (Lipinski definition) is 1. The van der Waals surface area contributed by atoms with E-state index in [0.29, 0.717) is 32.6 Å². The number of carbonyl (C=O) groups is 2. The summed E-state index contributed by atoms with van der Waals surface area (Å²) >= 11 is 6.77. The highest BCUT2D eigenvalue weighted by Gasteiger charge is 2.00. The van der Waals surface area contributed by atoms with Gasteiger partial charge < -0.3 is 24.8 Å². The summed E-state index contributed by atoms with van der Waals surface area (Å²) in [4.78, 5) is 23.4. The molecule has 0 saturated carbocycles. The third-order valence-corrected chi connectivity index (χ3v) is 4.81. The Bertz CT molecular complexity index is 444. The minimum atomic E-state index is -0.630. The molecule has 10 heteroatoms. The zero-order chi connectivity index (χ0) is 24.7. The fourth-order valence-electron chi connectivity index (χ4n) is 2.15. The van der Waals surface area contributed by atoms with Crippen molar-refractivity contribution < 1.29 is 33.7 Å². The van der Waals surface area contributed by atoms with Crippen LogP contribution in [0.1, 0.15) is 78.1 Å². The molecule has 0 aliphatic rings. The van der Waals surface area contributed by atoms with E-state index in [9.17, 15) is 9.59 Å². The van der Waals surface area contributed by atoms with Crippen molar-refractivity contribution in [3.8, 4) is 0 Å². The quantitative estimate of drug-likeness (QED) is 0.0594. The molecule has 1 N–H and O–H groups in total. The highest BCUT2D eigenvalue weighted by atomic mass is 79.9. The van der Waals surface area contributed by atoms with Crippen molar-refractivity contribution in [2.24, 2.45) is 0 Å². The summed E-state index contributed by atoms with van der Waals surface area (Å²) in [6, 6.07) is 0. The lowest BCUT2D eigenvalue weighted by molar-refractivity contribution is -0.148. The first-order chi connectivity index (χ1) is 15.5. The number of unbranched alkanes of at least 4 members (excludes halogenated alkanes) is 8. The Morgan fingerprint density at radius 3 is 1.81 bits per heavy atom. The summed E-state index contributed by atoms with van der Waals surface area (Å²) < 4.78 is 14.2. The summed E-state index contributed by atoms with van der Waals surface area (Å²) in [5.74, 6) is -0.896. The number of carbonyl (C=O) groups excluding carboxylic acids is 2. The van der Waals surface area contributed by atoms with Crippen molar-refractivity contribution in [2.75, 3.05) is 43.7 Å². The maximum atomic E-state index is 10.9. The highest BCUT2D eigenvalue weighted by Crippen LogP contribution is 2.04. The van der Waals surface area contributed by atoms with E-state index in [1.165, 1.54) is 51.4 Å². The van der Waals surface area contributed by atoms with Gasteiger partial charge in [0.1, 0.15) is 6.61 Å². The smallest absolute Gasteiger partial charge is 0.413 e. The lowest BCUT2D eigenvalue weighted by Crippen LogP contribution is -2.12. The van der Waals surface area contributed by atoms with Gasteiger partial charge >= 0.3 is 18.2 Å². The third-order valence-electron chi connectivity index (χ3n) is 3.69. The lowest BCUT2D eigenvalue weighted by atomic mass is 10.2. The monoisotopic (exact) mass is 588 g/mol. The van der Waals surface area contributed by atoms with Gasteiger partial charge in [-0.2, -0.15) is 4.79 Å². The first-order valence-electron chi connectivity index (χ1n) is 11.3. The molecule has 0 amide bonds. The number of halogens is 2. The predicted molar refractivity (Wildman–Crippen MR) is 135 cm³/mol. The number of alkyl halides is 2. The summed E-state index contributed by atoms with van der Waals surface area (Å²) in [6.45, 7) is 5.29. The van der Waals surface area contributed by atoms with Crippen LogP contribution in [0.4, 0.5) is 0 Å². The molecule has 190 valence electrons. The highest BCUT2D eigenvalue weighted by molar-refractivity contribution is 9.09. The Morgan fingerprint density at radius 1 is 0.844 bits per heavy atom. The Morgan fingerprint density at radius 2 is 1.34 bits per heavy atom. The van der Waals surface area contributed by atoms with Gasteiger partial charge in [-0.25, -0.2) is 9.59 Å². The standard InChI is InChI=1S/C11H21BrO3.C7H15BrO.C4H6N2O2/c1-2-15-11(13)10-14-9-7-5-3-4-6-8-12;8-6-4-2-1-3-5-7-9;1-2-8-4(7)3-6-5/h2-10H2,1H3;9H,1-7H2;3H,2H2,1H3. The number of aliphatic hydroxyl groups excluding tert-OH is 1. The summed E-state index contributed by atoms with van der Waals surface area (Å²) in [5.41, 5.74) is 7.73. The molecule has 0 radical (unpaired) electrons. The lowest BCUT2D eigenvalue weighted by Gasteiger charge is -2.03. The molecule has 0 aliphatic carbocycles. The van der Waals surface area contributed by atoms with Gasteiger partial charge in [-0.15, -0.1) is 0 Å². The Labute approximate surface area is 210 Å². The van der Waals surface area contributed by atoms with Crippen LogP contribution in [0.25, 0.3) is 5.53 Å². The van der Waals surface area contributed by atoms with Gasteiger partial charge in [-0.05, 0) is 39.5 Å². The molecule has 0 aliphatic heterocycles. The van der Waals surface area contributed by atoms with Gasteiger partial charge in [-0.1, -0.05) is 70.4 Å². The molecule has 32 heavy (non-hydrogen) atoms. The van der Waals surface area contributed by atoms with Gasteiger partial charge in [0.2, 0.25) is 0 Å². The molecular weight excluding hydrogens is 548 g/mol. The molecule has 0 atom stereocenters. The molecule has 0 heterocycles. The molecule has 8 nitrogen and oxygen atoms in total. The topological polar surface area (TPSA) is 118 Å². The van der Waals surface area contributed by atoms with Crippen molar-refractivity contribution in [2.45, 2.75) is 78.1 Å². The largest absolute Gasteiger partial charge is 0.464 e. The maximum Gasteiger partial charge on any atom is 0.413 e. The molecule has 0 bridgehead atoms. The van der Waals surface area contributed by atoms with Crippen molar-refractivity contribution >= 4 is 50.0 Å². The van der Waals surface area contributed by atoms with Crippen LogP contribution in [0.5, 0.6) is 0 Å². The van der Waals surface area contributed by atoms with Crippen LogP contribution < -0.4 is 0 Å². The molecule has 0 rings (SSSR count). The Hall–Kier alpha value is -0.800. The van der Waals surface area contributed by atoms with Gasteiger partial charge in [0.25, 0.3) is 0 Å². The van der Waals surface area contributed by atoms with E-state index < -0.39 is 5.97 Å². The van der Waals surface area contributed by atoms with E-state index in [0.717, 1.165) is 23.5 Å². The minimum absolute atomic E-state index is 0.0925. The molecule has 0 fully saturated rings. The molecule has 0 unspecified atom stereocenters. The van der Waals surface area contributed by atoms with Crippen LogP contribution >= 0.6 is 31.9 Å². The van der Waals surface area contributed by atoms with Crippen LogP contribution in [0.15, 0.2) is 0 Å². The predicted octanol–water partition coefficient (Wildman–Crippen LogP) is 5.09. The zero-order valence-electron chi connectivity index (χ0n) is 19.7. The fraction of sp³-hybridized carbons (Fsp3) is 0.864. The van der Waals surface area contributed by atoms with Crippen molar-refractivity contribution in [1.82, 2.24) is 0 Å². The van der Waals surface area contributed by atoms with Crippen LogP contribution in [-0.2, 0) is 23.8 Å². The SMILES string of the molecule is CCOC(=O)C=[N+]=[N-].CCOC(=O)COCCCCCCCBr.OCCCCCCCBr. The van der Waals surface area contributed by atoms with Crippen molar-refractivity contribution in [3.05, 3.63) is 5.53 Å². The van der Waals surface area contributed by atoms with E-state index in [2.05, 4.69) is 41.4 Å². The maximum absolute atomic E-state index is 10.9. The molecule has 0 spiro atoms. The number of hydrogen-bond acceptors (Lipinski definition) is 6. The van der Waals surface area contributed by atoms with Crippen LogP contribution in [0.2, 0.25) is 0 Å². The zero-order valence-corrected chi connectivity index (χ0v) is 22.9. The molecular formula is C22H42Br2N2O6. The van der Waals surface area contributed by atoms with Crippen LogP contribution in [0.3, 0.4) is 0 Å². The second-order valence-electron chi connectivity index (χ2n) is 6.49. The van der Waals surface area contributed by atoms with Crippen LogP contribution in [0, 0.1) is 0 Å². The number of ether oxygens (including phenoxy) is 3. The van der Waals surface area contributed by atoms with E-state index in [1.54, 1.807) is 13.8 Å². The molecule has 0 saturated heterocycles. The second kappa shape index (κ2) is 34.8. The Balaban J connectivity index is -0.000000424. The Kier molecular flexibility index (Phi) is 38.9. The average molecular weight is 590 g/mol. The molecule has 0 aromatic rings. The van der Waals surface area contributed by atoms with Crippen molar-refractivity contribution in [1.29, 1.82) is 0 Å². The first-order valence-corrected chi connectivity index (χ1v) is 13.6. The van der Waals surface area contributed by atoms with E-state index in [4.69, 9.17) is 20.1 Å². The number of esters is 2. The summed E-state index contributed by atoms with van der Waals surface area (Å²) in [7, 11) is 0. The van der Waals surface area contributed by atoms with Gasteiger partial charge in [-0.3, -0.25) is 0 Å². The van der Waals surface area contributed by atoms with E-state index in [1.807, 2.05) is 0 Å².